The number of hydrogen-bond donors (Lipinski definition) is 1. The number of hydrogen-bond acceptors (Lipinski definition) is 1. The van der Waals surface area contributed by atoms with Gasteiger partial charge in [-0.25, -0.2) is 0 Å². The second-order valence-corrected chi connectivity index (χ2v) is 14.7. The van der Waals surface area contributed by atoms with Gasteiger partial charge in [-0.2, -0.15) is 0 Å². The molecule has 1 N–H and O–H groups in total. The quantitative estimate of drug-likeness (QED) is 0.109. The minimum Gasteiger partial charge on any atom is -0.393 e. The zero-order valence-electron chi connectivity index (χ0n) is 28.5. The molecule has 0 aromatic heterocycles. The largest absolute Gasteiger partial charge is 0.393 e. The van der Waals surface area contributed by atoms with Crippen molar-refractivity contribution < 1.29 is 5.11 Å². The predicted octanol–water partition coefficient (Wildman–Crippen LogP) is 11.8. The topological polar surface area (TPSA) is 20.2 Å². The minimum absolute atomic E-state index is 0.0550. The van der Waals surface area contributed by atoms with Gasteiger partial charge in [-0.1, -0.05) is 111 Å². The fraction of sp³-hybridized carbons (Fsp3) is 0.650. The van der Waals surface area contributed by atoms with Crippen molar-refractivity contribution in [2.24, 2.45) is 16.7 Å². The average Bonchev–Trinajstić information content (AvgIpc) is 2.84. The van der Waals surface area contributed by atoms with Gasteiger partial charge in [0.25, 0.3) is 0 Å². The molecule has 1 heteroatoms. The van der Waals surface area contributed by atoms with Crippen LogP contribution < -0.4 is 0 Å². The monoisotopic (exact) mass is 558 g/mol. The maximum atomic E-state index is 10.1. The molecule has 0 heterocycles. The van der Waals surface area contributed by atoms with Gasteiger partial charge in [-0.3, -0.25) is 0 Å². The summed E-state index contributed by atoms with van der Waals surface area (Å²) in [5.74, 6) is 7.53. The van der Waals surface area contributed by atoms with E-state index in [4.69, 9.17) is 0 Å². The number of aliphatic hydroxyl groups excluding tert-OH is 1. The lowest BCUT2D eigenvalue weighted by Crippen LogP contribution is -2.28. The Kier molecular flexibility index (Phi) is 14.2. The maximum Gasteiger partial charge on any atom is 0.0586 e. The van der Waals surface area contributed by atoms with E-state index in [1.165, 1.54) is 74.5 Å². The summed E-state index contributed by atoms with van der Waals surface area (Å²) in [6.45, 7) is 22.8. The smallest absolute Gasteiger partial charge is 0.0586 e. The molecular formula is C40H62O. The Morgan fingerprint density at radius 1 is 1.00 bits per heavy atom. The summed E-state index contributed by atoms with van der Waals surface area (Å²) >= 11 is 0. The molecule has 0 aliphatic heterocycles. The van der Waals surface area contributed by atoms with Crippen LogP contribution in [-0.4, -0.2) is 11.2 Å². The molecule has 0 radical (unpaired) electrons. The third-order valence-corrected chi connectivity index (χ3v) is 9.46. The zero-order valence-corrected chi connectivity index (χ0v) is 28.5. The van der Waals surface area contributed by atoms with E-state index < -0.39 is 0 Å². The number of unbranched alkanes of at least 4 members (excludes halogenated alkanes) is 1. The average molecular weight is 559 g/mol. The van der Waals surface area contributed by atoms with Crippen LogP contribution in [-0.2, 0) is 0 Å². The van der Waals surface area contributed by atoms with Crippen LogP contribution in [0.1, 0.15) is 146 Å². The summed E-state index contributed by atoms with van der Waals surface area (Å²) in [5, 5.41) is 10.1. The van der Waals surface area contributed by atoms with Crippen molar-refractivity contribution in [3.8, 4) is 11.8 Å². The lowest BCUT2D eigenvalue weighted by molar-refractivity contribution is 0.117. The molecule has 1 nitrogen and oxygen atoms in total. The van der Waals surface area contributed by atoms with E-state index >= 15 is 0 Å². The first-order valence-electron chi connectivity index (χ1n) is 16.5. The van der Waals surface area contributed by atoms with E-state index in [9.17, 15) is 5.11 Å². The summed E-state index contributed by atoms with van der Waals surface area (Å²) in [6.07, 6.45) is 25.3. The van der Waals surface area contributed by atoms with Gasteiger partial charge in [-0.15, -0.1) is 0 Å². The van der Waals surface area contributed by atoms with Gasteiger partial charge in [0.15, 0.2) is 0 Å². The molecule has 0 aromatic carbocycles. The Morgan fingerprint density at radius 2 is 1.73 bits per heavy atom. The first kappa shape index (κ1) is 35.2. The second kappa shape index (κ2) is 16.6. The highest BCUT2D eigenvalue weighted by Gasteiger charge is 2.32. The molecule has 0 spiro atoms. The van der Waals surface area contributed by atoms with E-state index in [0.29, 0.717) is 5.41 Å². The molecule has 41 heavy (non-hydrogen) atoms. The minimum atomic E-state index is -0.240. The molecule has 0 fully saturated rings. The Hall–Kier alpha value is -2.04. The molecule has 0 bridgehead atoms. The molecule has 228 valence electrons. The molecule has 0 saturated heterocycles. The summed E-state index contributed by atoms with van der Waals surface area (Å²) < 4.78 is 0. The van der Waals surface area contributed by atoms with Gasteiger partial charge in [0, 0.05) is 11.0 Å². The first-order valence-corrected chi connectivity index (χ1v) is 16.5. The Bertz CT molecular complexity index is 1120. The lowest BCUT2D eigenvalue weighted by atomic mass is 9.71. The van der Waals surface area contributed by atoms with E-state index in [2.05, 4.69) is 111 Å². The zero-order chi connectivity index (χ0) is 30.6. The van der Waals surface area contributed by atoms with Crippen LogP contribution in [0.25, 0.3) is 0 Å². The molecule has 2 atom stereocenters. The lowest BCUT2D eigenvalue weighted by Gasteiger charge is -2.35. The van der Waals surface area contributed by atoms with Crippen LogP contribution in [0.5, 0.6) is 0 Å². The van der Waals surface area contributed by atoms with Crippen LogP contribution >= 0.6 is 0 Å². The molecule has 2 aliphatic carbocycles. The SMILES string of the molecule is CC1=C(C#C/C(C)=C/C=C/C(C)=C/CCCC(C)CC/C=C(/C)CCC2=C(C)CCCC2(C)C)C(C)(C)C[C@H](O)C1. The normalized spacial score (nSPS) is 22.7. The van der Waals surface area contributed by atoms with E-state index in [1.807, 2.05) is 0 Å². The highest BCUT2D eigenvalue weighted by Crippen LogP contribution is 2.43. The van der Waals surface area contributed by atoms with Crippen molar-refractivity contribution in [3.63, 3.8) is 0 Å². The van der Waals surface area contributed by atoms with Crippen LogP contribution in [0.2, 0.25) is 0 Å². The molecule has 0 amide bonds. The van der Waals surface area contributed by atoms with Crippen LogP contribution in [0.15, 0.2) is 69.4 Å². The third kappa shape index (κ3) is 12.4. The number of rotatable bonds is 12. The van der Waals surface area contributed by atoms with Crippen molar-refractivity contribution in [2.45, 2.75) is 152 Å². The molecule has 1 unspecified atom stereocenters. The Balaban J connectivity index is 1.70. The number of allylic oxidation sites excluding steroid dienone is 11. The highest BCUT2D eigenvalue weighted by atomic mass is 16.3. The van der Waals surface area contributed by atoms with Gasteiger partial charge in [0.05, 0.1) is 6.10 Å². The fourth-order valence-electron chi connectivity index (χ4n) is 6.89. The van der Waals surface area contributed by atoms with Gasteiger partial charge in [0.1, 0.15) is 0 Å². The van der Waals surface area contributed by atoms with Crippen molar-refractivity contribution >= 4 is 0 Å². The van der Waals surface area contributed by atoms with Crippen LogP contribution in [0, 0.1) is 28.6 Å². The van der Waals surface area contributed by atoms with Crippen molar-refractivity contribution in [2.75, 3.05) is 0 Å². The van der Waals surface area contributed by atoms with Crippen molar-refractivity contribution in [1.82, 2.24) is 0 Å². The standard InChI is InChI=1S/C40H62O/c1-30(18-13-20-32(3)23-25-37-34(5)22-15-27-39(37,7)8)16-11-12-17-31(2)19-14-21-33(4)24-26-38-35(6)28-36(41)29-40(38,9)10/h14,17,19-21,30,36,41H,11-13,15-16,18,22-23,25,27-29H2,1-10H3/b19-14+,31-17+,32-20-,33-21+/t30?,36-/m1/s1. The van der Waals surface area contributed by atoms with E-state index in [0.717, 1.165) is 30.8 Å². The van der Waals surface area contributed by atoms with Crippen molar-refractivity contribution in [3.05, 3.63) is 69.4 Å². The molecular weight excluding hydrogens is 496 g/mol. The summed E-state index contributed by atoms with van der Waals surface area (Å²) in [6, 6.07) is 0. The summed E-state index contributed by atoms with van der Waals surface area (Å²) in [5.41, 5.74) is 10.1. The first-order chi connectivity index (χ1) is 19.2. The Labute approximate surface area is 255 Å². The van der Waals surface area contributed by atoms with Crippen LogP contribution in [0.3, 0.4) is 0 Å². The summed E-state index contributed by atoms with van der Waals surface area (Å²) in [7, 11) is 0. The predicted molar refractivity (Wildman–Crippen MR) is 182 cm³/mol. The van der Waals surface area contributed by atoms with Crippen LogP contribution in [0.4, 0.5) is 0 Å². The highest BCUT2D eigenvalue weighted by molar-refractivity contribution is 5.45. The third-order valence-electron chi connectivity index (χ3n) is 9.46. The van der Waals surface area contributed by atoms with Gasteiger partial charge >= 0.3 is 0 Å². The van der Waals surface area contributed by atoms with E-state index in [-0.39, 0.29) is 11.5 Å². The fourth-order valence-corrected chi connectivity index (χ4v) is 6.89. The Morgan fingerprint density at radius 3 is 2.41 bits per heavy atom. The van der Waals surface area contributed by atoms with Gasteiger partial charge < -0.3 is 5.11 Å². The van der Waals surface area contributed by atoms with Gasteiger partial charge in [-0.05, 0) is 122 Å². The maximum absolute atomic E-state index is 10.1. The number of aliphatic hydroxyl groups is 1. The summed E-state index contributed by atoms with van der Waals surface area (Å²) in [4.78, 5) is 0. The molecule has 2 rings (SSSR count). The molecule has 0 saturated carbocycles. The van der Waals surface area contributed by atoms with E-state index in [1.54, 1.807) is 16.7 Å². The second-order valence-electron chi connectivity index (χ2n) is 14.7. The van der Waals surface area contributed by atoms with Crippen molar-refractivity contribution in [1.29, 1.82) is 0 Å². The molecule has 2 aliphatic rings. The molecule has 0 aromatic rings. The van der Waals surface area contributed by atoms with Gasteiger partial charge in [0.2, 0.25) is 0 Å².